The van der Waals surface area contributed by atoms with Gasteiger partial charge in [-0.1, -0.05) is 43.1 Å². The van der Waals surface area contributed by atoms with Crippen molar-refractivity contribution in [2.75, 3.05) is 11.9 Å². The number of hydrogen-bond donors (Lipinski definition) is 3. The van der Waals surface area contributed by atoms with E-state index in [2.05, 4.69) is 24.1 Å². The molecule has 0 saturated heterocycles. The number of hydrogen-bond acceptors (Lipinski definition) is 5. The Morgan fingerprint density at radius 3 is 2.70 bits per heavy atom. The highest BCUT2D eigenvalue weighted by Gasteiger charge is 2.54. The first-order chi connectivity index (χ1) is 20.6. The summed E-state index contributed by atoms with van der Waals surface area (Å²) in [4.78, 5) is 17.4. The van der Waals surface area contributed by atoms with E-state index in [9.17, 15) is 15.0 Å². The number of anilines is 1. The van der Waals surface area contributed by atoms with E-state index < -0.39 is 11.5 Å². The number of ether oxygens (including phenoxy) is 1. The zero-order valence-electron chi connectivity index (χ0n) is 24.8. The molecule has 1 aromatic heterocycles. The minimum Gasteiger partial charge on any atom is -0.506 e. The van der Waals surface area contributed by atoms with Gasteiger partial charge in [0.2, 0.25) is 0 Å². The van der Waals surface area contributed by atoms with Crippen LogP contribution in [0.2, 0.25) is 10.0 Å². The number of aliphatic carboxylic acids is 1. The molecule has 3 atom stereocenters. The van der Waals surface area contributed by atoms with E-state index in [-0.39, 0.29) is 23.0 Å². The van der Waals surface area contributed by atoms with Crippen molar-refractivity contribution in [1.82, 2.24) is 4.98 Å². The number of carbonyl (C=O) groups is 1. The smallest absolute Gasteiger partial charge is 0.329 e. The largest absolute Gasteiger partial charge is 0.506 e. The molecule has 3 aliphatic carbocycles. The van der Waals surface area contributed by atoms with E-state index >= 15 is 0 Å². The quantitative estimate of drug-likeness (QED) is 0.233. The summed E-state index contributed by atoms with van der Waals surface area (Å²) < 4.78 is 6.48. The molecule has 3 aromatic rings. The molecule has 0 amide bonds. The van der Waals surface area contributed by atoms with Crippen LogP contribution in [0.3, 0.4) is 0 Å². The minimum absolute atomic E-state index is 0.0838. The Kier molecular flexibility index (Phi) is 8.29. The molecular weight excluding hydrogens is 583 g/mol. The first-order valence-corrected chi connectivity index (χ1v) is 16.3. The Balaban J connectivity index is 1.23. The number of pyridine rings is 1. The number of aromatic hydroxyl groups is 1. The molecule has 6 nitrogen and oxygen atoms in total. The molecule has 2 aromatic carbocycles. The molecule has 228 valence electrons. The number of rotatable bonds is 8. The van der Waals surface area contributed by atoms with Gasteiger partial charge in [-0.2, -0.15) is 0 Å². The molecule has 8 heteroatoms. The number of halogens is 2. The van der Waals surface area contributed by atoms with E-state index in [4.69, 9.17) is 27.9 Å². The van der Waals surface area contributed by atoms with Crippen molar-refractivity contribution in [3.63, 3.8) is 0 Å². The molecule has 6 rings (SSSR count). The normalized spacial score (nSPS) is 26.9. The zero-order chi connectivity index (χ0) is 30.4. The number of aromatic nitrogens is 1. The third-order valence-electron chi connectivity index (χ3n) is 10.4. The maximum Gasteiger partial charge on any atom is 0.329 e. The van der Waals surface area contributed by atoms with Crippen LogP contribution in [0, 0.1) is 11.8 Å². The van der Waals surface area contributed by atoms with Crippen LogP contribution in [0.1, 0.15) is 87.1 Å². The Hall–Kier alpha value is -2.96. The van der Waals surface area contributed by atoms with E-state index in [1.807, 2.05) is 36.5 Å². The van der Waals surface area contributed by atoms with Gasteiger partial charge in [0.25, 0.3) is 0 Å². The average molecular weight is 624 g/mol. The fourth-order valence-electron chi connectivity index (χ4n) is 8.12. The van der Waals surface area contributed by atoms with E-state index in [0.29, 0.717) is 53.9 Å². The lowest BCUT2D eigenvalue weighted by atomic mass is 9.59. The van der Waals surface area contributed by atoms with Crippen molar-refractivity contribution in [1.29, 1.82) is 0 Å². The van der Waals surface area contributed by atoms with Gasteiger partial charge in [0, 0.05) is 28.2 Å². The van der Waals surface area contributed by atoms with Gasteiger partial charge in [-0.25, -0.2) is 4.79 Å². The number of phenolic OH excluding ortho intramolecular Hbond substituents is 1. The summed E-state index contributed by atoms with van der Waals surface area (Å²) in [7, 11) is 0. The second kappa shape index (κ2) is 11.9. The molecule has 1 saturated carbocycles. The second-order valence-corrected chi connectivity index (χ2v) is 14.0. The standard InChI is InChI=1S/C35H40Cl2N2O4/c1-21(20-43-31-9-14-38-29-8-3-5-22(2)32(29)31)15-24-16-23-17-28(37)30(40)19-27(23)34(24)10-12-35(13-11-34,33(41)42)39-26-7-4-6-25(36)18-26/h4,6-7,9,14,17-19,21-22,24,39-40H,3,5,8,10-13,15-16,20H2,1-2H3,(H,41,42)/t21-,22+,24+,34?,35?/m1/s1. The fourth-order valence-corrected chi connectivity index (χ4v) is 8.49. The molecule has 1 heterocycles. The predicted molar refractivity (Wildman–Crippen MR) is 171 cm³/mol. The SMILES string of the molecule is C[C@@H](COc1ccnc2c1[C@@H](C)CCC2)C[C@H]1Cc2cc(Cl)c(O)cc2C12CCC(Nc1cccc(Cl)c1)(C(=O)O)CC2. The van der Waals surface area contributed by atoms with Crippen LogP contribution in [0.15, 0.2) is 48.7 Å². The average Bonchev–Trinajstić information content (AvgIpc) is 3.24. The van der Waals surface area contributed by atoms with Crippen LogP contribution in [0.5, 0.6) is 11.5 Å². The van der Waals surface area contributed by atoms with Crippen molar-refractivity contribution in [3.8, 4) is 11.5 Å². The maximum atomic E-state index is 12.7. The highest BCUT2D eigenvalue weighted by Crippen LogP contribution is 2.57. The van der Waals surface area contributed by atoms with Gasteiger partial charge >= 0.3 is 5.97 Å². The monoisotopic (exact) mass is 622 g/mol. The van der Waals surface area contributed by atoms with Gasteiger partial charge in [-0.3, -0.25) is 4.98 Å². The van der Waals surface area contributed by atoms with Gasteiger partial charge in [0.15, 0.2) is 0 Å². The van der Waals surface area contributed by atoms with Crippen molar-refractivity contribution >= 4 is 34.9 Å². The lowest BCUT2D eigenvalue weighted by Gasteiger charge is -2.47. The molecule has 43 heavy (non-hydrogen) atoms. The van der Waals surface area contributed by atoms with Crippen LogP contribution in [-0.4, -0.2) is 33.3 Å². The summed E-state index contributed by atoms with van der Waals surface area (Å²) in [6, 6.07) is 13.0. The maximum absolute atomic E-state index is 12.7. The number of fused-ring (bicyclic) bond motifs is 3. The van der Waals surface area contributed by atoms with Gasteiger partial charge in [0.05, 0.1) is 11.6 Å². The third kappa shape index (κ3) is 5.69. The third-order valence-corrected chi connectivity index (χ3v) is 10.9. The number of nitrogens with one attached hydrogen (secondary N) is 1. The highest BCUT2D eigenvalue weighted by molar-refractivity contribution is 6.32. The minimum atomic E-state index is -1.09. The molecule has 1 fully saturated rings. The first kappa shape index (κ1) is 30.1. The van der Waals surface area contributed by atoms with Crippen LogP contribution in [0.4, 0.5) is 5.69 Å². The van der Waals surface area contributed by atoms with Crippen LogP contribution in [-0.2, 0) is 23.1 Å². The van der Waals surface area contributed by atoms with Crippen LogP contribution < -0.4 is 10.1 Å². The number of phenols is 1. The summed E-state index contributed by atoms with van der Waals surface area (Å²) in [5, 5.41) is 25.3. The Bertz CT molecular complexity index is 1520. The number of carboxylic acids is 1. The van der Waals surface area contributed by atoms with Gasteiger partial charge in [0.1, 0.15) is 17.0 Å². The fraction of sp³-hybridized carbons (Fsp3) is 0.486. The van der Waals surface area contributed by atoms with Crippen molar-refractivity contribution in [3.05, 3.63) is 81.1 Å². The zero-order valence-corrected chi connectivity index (χ0v) is 26.3. The van der Waals surface area contributed by atoms with Gasteiger partial charge in [-0.15, -0.1) is 0 Å². The molecular formula is C35H40Cl2N2O4. The molecule has 0 unspecified atom stereocenters. The van der Waals surface area contributed by atoms with E-state index in [0.717, 1.165) is 42.6 Å². The van der Waals surface area contributed by atoms with Crippen LogP contribution >= 0.6 is 23.2 Å². The summed E-state index contributed by atoms with van der Waals surface area (Å²) in [6.07, 6.45) is 9.28. The molecule has 3 aliphatic rings. The molecule has 0 radical (unpaired) electrons. The summed E-state index contributed by atoms with van der Waals surface area (Å²) in [5.41, 5.74) is 4.07. The first-order valence-electron chi connectivity index (χ1n) is 15.5. The van der Waals surface area contributed by atoms with Crippen molar-refractivity contribution < 1.29 is 19.7 Å². The molecule has 0 bridgehead atoms. The number of carboxylic acid groups (broad SMARTS) is 1. The van der Waals surface area contributed by atoms with Gasteiger partial charge < -0.3 is 20.3 Å². The van der Waals surface area contributed by atoms with E-state index in [1.165, 1.54) is 17.7 Å². The summed E-state index contributed by atoms with van der Waals surface area (Å²) >= 11 is 12.6. The molecule has 3 N–H and O–H groups in total. The number of benzene rings is 2. The Labute approximate surface area is 263 Å². The van der Waals surface area contributed by atoms with Gasteiger partial charge in [-0.05, 0) is 128 Å². The lowest BCUT2D eigenvalue weighted by Crippen LogP contribution is -2.53. The second-order valence-electron chi connectivity index (χ2n) is 13.2. The molecule has 1 spiro atoms. The summed E-state index contributed by atoms with van der Waals surface area (Å²) in [6.45, 7) is 5.11. The number of aryl methyl sites for hydroxylation is 1. The molecule has 0 aliphatic heterocycles. The predicted octanol–water partition coefficient (Wildman–Crippen LogP) is 8.56. The highest BCUT2D eigenvalue weighted by atomic mass is 35.5. The lowest BCUT2D eigenvalue weighted by molar-refractivity contribution is -0.144. The van der Waals surface area contributed by atoms with Crippen molar-refractivity contribution in [2.45, 2.75) is 88.5 Å². The van der Waals surface area contributed by atoms with Crippen LogP contribution in [0.25, 0.3) is 0 Å². The van der Waals surface area contributed by atoms with E-state index in [1.54, 1.807) is 12.1 Å². The Morgan fingerprint density at radius 1 is 1.16 bits per heavy atom. The topological polar surface area (TPSA) is 91.7 Å². The summed E-state index contributed by atoms with van der Waals surface area (Å²) in [5.74, 6) is 1.19. The number of nitrogens with zero attached hydrogens (tertiary/aromatic N) is 1. The Morgan fingerprint density at radius 2 is 1.95 bits per heavy atom. The van der Waals surface area contributed by atoms with Crippen molar-refractivity contribution in [2.24, 2.45) is 11.8 Å².